The van der Waals surface area contributed by atoms with Gasteiger partial charge in [0, 0.05) is 11.1 Å². The molecule has 3 aromatic carbocycles. The summed E-state index contributed by atoms with van der Waals surface area (Å²) in [6.07, 6.45) is 0.735. The number of anilines is 1. The van der Waals surface area contributed by atoms with Gasteiger partial charge in [-0.3, -0.25) is 9.59 Å². The minimum atomic E-state index is -0.239. The highest BCUT2D eigenvalue weighted by Crippen LogP contribution is 2.28. The molecule has 0 spiro atoms. The molecule has 0 fully saturated rings. The summed E-state index contributed by atoms with van der Waals surface area (Å²) in [6, 6.07) is 22.0. The van der Waals surface area contributed by atoms with Crippen molar-refractivity contribution in [1.29, 1.82) is 0 Å². The van der Waals surface area contributed by atoms with E-state index in [1.165, 1.54) is 7.11 Å². The molecule has 3 rings (SSSR count). The summed E-state index contributed by atoms with van der Waals surface area (Å²) in [6.45, 7) is 0. The Morgan fingerprint density at radius 2 is 1.68 bits per heavy atom. The zero-order valence-corrected chi connectivity index (χ0v) is 13.7. The van der Waals surface area contributed by atoms with Crippen LogP contribution in [0.5, 0.6) is 5.75 Å². The zero-order chi connectivity index (χ0) is 17.6. The van der Waals surface area contributed by atoms with E-state index in [0.717, 1.165) is 17.4 Å². The fraction of sp³-hybridized carbons (Fsp3) is 0.0476. The number of methoxy groups -OCH3 is 1. The maximum atomic E-state index is 12.8. The third-order valence-electron chi connectivity index (χ3n) is 3.87. The van der Waals surface area contributed by atoms with Crippen molar-refractivity contribution in [2.24, 2.45) is 0 Å². The van der Waals surface area contributed by atoms with E-state index < -0.39 is 0 Å². The van der Waals surface area contributed by atoms with Crippen molar-refractivity contribution in [1.82, 2.24) is 0 Å². The van der Waals surface area contributed by atoms with Crippen molar-refractivity contribution in [2.45, 2.75) is 0 Å². The summed E-state index contributed by atoms with van der Waals surface area (Å²) < 4.78 is 5.27. The average molecular weight is 331 g/mol. The SMILES string of the molecule is COc1cc(C=O)ccc1NC(=O)c1ccccc1-c1ccccc1. The summed E-state index contributed by atoms with van der Waals surface area (Å²) in [7, 11) is 1.50. The number of amides is 1. The topological polar surface area (TPSA) is 55.4 Å². The van der Waals surface area contributed by atoms with Crippen LogP contribution in [0.2, 0.25) is 0 Å². The fourth-order valence-corrected chi connectivity index (χ4v) is 2.62. The van der Waals surface area contributed by atoms with E-state index in [2.05, 4.69) is 5.32 Å². The molecule has 0 unspecified atom stereocenters. The lowest BCUT2D eigenvalue weighted by Crippen LogP contribution is -2.14. The maximum absolute atomic E-state index is 12.8. The van der Waals surface area contributed by atoms with Gasteiger partial charge in [-0.2, -0.15) is 0 Å². The number of hydrogen-bond acceptors (Lipinski definition) is 3. The van der Waals surface area contributed by atoms with Gasteiger partial charge in [0.25, 0.3) is 5.91 Å². The molecule has 0 radical (unpaired) electrons. The van der Waals surface area contributed by atoms with Crippen LogP contribution in [0.25, 0.3) is 11.1 Å². The first-order valence-corrected chi connectivity index (χ1v) is 7.82. The van der Waals surface area contributed by atoms with Crippen LogP contribution in [-0.2, 0) is 0 Å². The standard InChI is InChI=1S/C21H17NO3/c1-25-20-13-15(14-23)11-12-19(20)22-21(24)18-10-6-5-9-17(18)16-7-3-2-4-8-16/h2-14H,1H3,(H,22,24). The molecule has 4 heteroatoms. The number of carbonyl (C=O) groups is 2. The highest BCUT2D eigenvalue weighted by atomic mass is 16.5. The van der Waals surface area contributed by atoms with E-state index >= 15 is 0 Å². The molecule has 0 aliphatic heterocycles. The summed E-state index contributed by atoms with van der Waals surface area (Å²) >= 11 is 0. The summed E-state index contributed by atoms with van der Waals surface area (Å²) in [5, 5.41) is 2.86. The summed E-state index contributed by atoms with van der Waals surface area (Å²) in [5.74, 6) is 0.201. The highest BCUT2D eigenvalue weighted by molar-refractivity contribution is 6.09. The summed E-state index contributed by atoms with van der Waals surface area (Å²) in [4.78, 5) is 23.7. The number of benzene rings is 3. The Kier molecular flexibility index (Phi) is 4.90. The molecule has 0 aliphatic rings. The molecular weight excluding hydrogens is 314 g/mol. The van der Waals surface area contributed by atoms with Crippen molar-refractivity contribution in [3.8, 4) is 16.9 Å². The lowest BCUT2D eigenvalue weighted by atomic mass is 9.99. The normalized spacial score (nSPS) is 10.1. The van der Waals surface area contributed by atoms with Gasteiger partial charge in [0.15, 0.2) is 0 Å². The van der Waals surface area contributed by atoms with Crippen LogP contribution in [0.15, 0.2) is 72.8 Å². The minimum absolute atomic E-state index is 0.239. The van der Waals surface area contributed by atoms with Gasteiger partial charge < -0.3 is 10.1 Å². The number of hydrogen-bond donors (Lipinski definition) is 1. The molecule has 0 aromatic heterocycles. The number of aldehydes is 1. The number of carbonyl (C=O) groups excluding carboxylic acids is 2. The first kappa shape index (κ1) is 16.5. The van der Waals surface area contributed by atoms with Crippen molar-refractivity contribution in [3.63, 3.8) is 0 Å². The maximum Gasteiger partial charge on any atom is 0.256 e. The minimum Gasteiger partial charge on any atom is -0.495 e. The second kappa shape index (κ2) is 7.45. The van der Waals surface area contributed by atoms with Gasteiger partial charge in [-0.15, -0.1) is 0 Å². The molecule has 0 atom stereocenters. The second-order valence-electron chi connectivity index (χ2n) is 5.44. The van der Waals surface area contributed by atoms with Crippen LogP contribution in [0.4, 0.5) is 5.69 Å². The smallest absolute Gasteiger partial charge is 0.256 e. The fourth-order valence-electron chi connectivity index (χ4n) is 2.62. The van der Waals surface area contributed by atoms with Crippen molar-refractivity contribution >= 4 is 17.9 Å². The molecule has 0 heterocycles. The molecule has 1 amide bonds. The Morgan fingerprint density at radius 1 is 0.960 bits per heavy atom. The number of rotatable bonds is 5. The largest absolute Gasteiger partial charge is 0.495 e. The zero-order valence-electron chi connectivity index (χ0n) is 13.7. The first-order chi connectivity index (χ1) is 12.2. The molecule has 0 aliphatic carbocycles. The quantitative estimate of drug-likeness (QED) is 0.704. The van der Waals surface area contributed by atoms with Crippen LogP contribution in [0.3, 0.4) is 0 Å². The van der Waals surface area contributed by atoms with Crippen LogP contribution in [0.1, 0.15) is 20.7 Å². The van der Waals surface area contributed by atoms with Gasteiger partial charge in [0.05, 0.1) is 12.8 Å². The molecular formula is C21H17NO3. The molecule has 0 saturated carbocycles. The molecule has 25 heavy (non-hydrogen) atoms. The van der Waals surface area contributed by atoms with Crippen LogP contribution < -0.4 is 10.1 Å². The summed E-state index contributed by atoms with van der Waals surface area (Å²) in [5.41, 5.74) is 3.39. The van der Waals surface area contributed by atoms with E-state index in [0.29, 0.717) is 22.6 Å². The van der Waals surface area contributed by atoms with Crippen molar-refractivity contribution in [3.05, 3.63) is 83.9 Å². The lowest BCUT2D eigenvalue weighted by molar-refractivity contribution is 0.102. The first-order valence-electron chi connectivity index (χ1n) is 7.82. The Morgan fingerprint density at radius 3 is 2.40 bits per heavy atom. The molecule has 124 valence electrons. The van der Waals surface area contributed by atoms with Gasteiger partial charge in [0.1, 0.15) is 12.0 Å². The van der Waals surface area contributed by atoms with Crippen LogP contribution in [-0.4, -0.2) is 19.3 Å². The second-order valence-corrected chi connectivity index (χ2v) is 5.44. The van der Waals surface area contributed by atoms with E-state index in [-0.39, 0.29) is 5.91 Å². The van der Waals surface area contributed by atoms with E-state index in [9.17, 15) is 9.59 Å². The molecule has 0 bridgehead atoms. The molecule has 0 saturated heterocycles. The van der Waals surface area contributed by atoms with Gasteiger partial charge >= 0.3 is 0 Å². The molecule has 4 nitrogen and oxygen atoms in total. The van der Waals surface area contributed by atoms with E-state index in [1.807, 2.05) is 48.5 Å². The van der Waals surface area contributed by atoms with Crippen LogP contribution >= 0.6 is 0 Å². The predicted octanol–water partition coefficient (Wildman–Crippen LogP) is 4.43. The monoisotopic (exact) mass is 331 g/mol. The van der Waals surface area contributed by atoms with Gasteiger partial charge in [-0.05, 0) is 35.4 Å². The Hall–Kier alpha value is -3.40. The van der Waals surface area contributed by atoms with Crippen LogP contribution in [0, 0.1) is 0 Å². The number of ether oxygens (including phenoxy) is 1. The highest BCUT2D eigenvalue weighted by Gasteiger charge is 2.14. The van der Waals surface area contributed by atoms with Gasteiger partial charge in [-0.25, -0.2) is 0 Å². The van der Waals surface area contributed by atoms with Gasteiger partial charge in [0.2, 0.25) is 0 Å². The Balaban J connectivity index is 1.94. The van der Waals surface area contributed by atoms with Crippen molar-refractivity contribution in [2.75, 3.05) is 12.4 Å². The van der Waals surface area contributed by atoms with Crippen molar-refractivity contribution < 1.29 is 14.3 Å². The third kappa shape index (κ3) is 3.58. The third-order valence-corrected chi connectivity index (χ3v) is 3.87. The number of nitrogens with one attached hydrogen (secondary N) is 1. The van der Waals surface area contributed by atoms with E-state index in [1.54, 1.807) is 24.3 Å². The average Bonchev–Trinajstić information content (AvgIpc) is 2.69. The Labute approximate surface area is 146 Å². The Bertz CT molecular complexity index is 904. The van der Waals surface area contributed by atoms with Gasteiger partial charge in [-0.1, -0.05) is 48.5 Å². The lowest BCUT2D eigenvalue weighted by Gasteiger charge is -2.13. The predicted molar refractivity (Wildman–Crippen MR) is 98.2 cm³/mol. The molecule has 1 N–H and O–H groups in total. The van der Waals surface area contributed by atoms with E-state index in [4.69, 9.17) is 4.74 Å². The molecule has 3 aromatic rings.